The van der Waals surface area contributed by atoms with E-state index < -0.39 is 6.10 Å². The van der Waals surface area contributed by atoms with E-state index in [2.05, 4.69) is 59.9 Å². The van der Waals surface area contributed by atoms with Crippen LogP contribution in [0.25, 0.3) is 32.3 Å². The second-order valence-electron chi connectivity index (χ2n) is 15.8. The first-order valence-corrected chi connectivity index (χ1v) is 24.8. The third-order valence-corrected chi connectivity index (χ3v) is 10.5. The van der Waals surface area contributed by atoms with Gasteiger partial charge in [-0.05, 0) is 37.9 Å². The third-order valence-electron chi connectivity index (χ3n) is 10.5. The predicted molar refractivity (Wildman–Crippen MR) is 267 cm³/mol. The first kappa shape index (κ1) is 60.3. The van der Waals surface area contributed by atoms with E-state index in [9.17, 15) is 4.79 Å². The number of nitrogens with one attached hydrogen (secondary N) is 1. The summed E-state index contributed by atoms with van der Waals surface area (Å²) in [5, 5.41) is 10.5. The highest BCUT2D eigenvalue weighted by atomic mass is 16.6. The molecule has 0 fully saturated rings. The molecule has 19 heteroatoms. The summed E-state index contributed by atoms with van der Waals surface area (Å²) in [7, 11) is 3.26. The van der Waals surface area contributed by atoms with E-state index in [1.807, 2.05) is 0 Å². The number of benzene rings is 4. The molecule has 402 valence electrons. The van der Waals surface area contributed by atoms with Crippen LogP contribution in [0.2, 0.25) is 0 Å². The van der Waals surface area contributed by atoms with Crippen molar-refractivity contribution in [3.05, 3.63) is 60.2 Å². The van der Waals surface area contributed by atoms with Gasteiger partial charge in [-0.3, -0.25) is 4.79 Å². The normalized spacial score (nSPS) is 12.3. The average Bonchev–Trinajstić information content (AvgIpc) is 3.39. The number of methoxy groups -OCH3 is 2. The first-order chi connectivity index (χ1) is 35.2. The van der Waals surface area contributed by atoms with Gasteiger partial charge in [0.2, 0.25) is 5.91 Å². The molecular formula is C52H81NO18. The van der Waals surface area contributed by atoms with Crippen molar-refractivity contribution in [1.29, 1.82) is 0 Å². The molecule has 0 radical (unpaired) electrons. The van der Waals surface area contributed by atoms with Gasteiger partial charge in [0.25, 0.3) is 0 Å². The highest BCUT2D eigenvalue weighted by molar-refractivity contribution is 6.23. The Bertz CT molecular complexity index is 1840. The van der Waals surface area contributed by atoms with Gasteiger partial charge in [-0.1, -0.05) is 54.6 Å². The molecular weight excluding hydrogens is 927 g/mol. The molecule has 19 nitrogen and oxygen atoms in total. The van der Waals surface area contributed by atoms with Crippen LogP contribution in [0.5, 0.6) is 0 Å². The second kappa shape index (κ2) is 42.1. The summed E-state index contributed by atoms with van der Waals surface area (Å²) < 4.78 is 93.9. The first-order valence-electron chi connectivity index (χ1n) is 24.8. The Hall–Kier alpha value is -3.29. The molecule has 1 N–H and O–H groups in total. The molecule has 71 heavy (non-hydrogen) atoms. The SMILES string of the molecule is COCCOCCOCCOCCOCC(CNC(=O)COCCOCCOCCOCCOCCOCCOCc1ccc2ccc3cccc4ccc1c2c34)OCCOCCOCCOCCOC. The van der Waals surface area contributed by atoms with E-state index in [-0.39, 0.29) is 32.3 Å². The Morgan fingerprint density at radius 1 is 0.394 bits per heavy atom. The second-order valence-corrected chi connectivity index (χ2v) is 15.8. The zero-order valence-corrected chi connectivity index (χ0v) is 42.2. The molecule has 1 unspecified atom stereocenters. The number of ether oxygens (including phenoxy) is 17. The van der Waals surface area contributed by atoms with Gasteiger partial charge in [0, 0.05) is 20.8 Å². The van der Waals surface area contributed by atoms with E-state index in [4.69, 9.17) is 80.5 Å². The van der Waals surface area contributed by atoms with Gasteiger partial charge in [-0.15, -0.1) is 0 Å². The van der Waals surface area contributed by atoms with Gasteiger partial charge in [-0.25, -0.2) is 0 Å². The molecule has 0 saturated carbocycles. The molecule has 0 aliphatic rings. The van der Waals surface area contributed by atoms with Gasteiger partial charge in [-0.2, -0.15) is 0 Å². The maximum absolute atomic E-state index is 12.5. The number of hydrogen-bond acceptors (Lipinski definition) is 18. The molecule has 0 aliphatic heterocycles. The molecule has 4 aromatic rings. The molecule has 4 rings (SSSR count). The fraction of sp³-hybridized carbons (Fsp3) is 0.673. The summed E-state index contributed by atoms with van der Waals surface area (Å²) in [5.74, 6) is -0.277. The molecule has 1 amide bonds. The number of rotatable bonds is 51. The topological polar surface area (TPSA) is 186 Å². The van der Waals surface area contributed by atoms with Gasteiger partial charge >= 0.3 is 0 Å². The molecule has 1 atom stereocenters. The highest BCUT2D eigenvalue weighted by Crippen LogP contribution is 2.36. The van der Waals surface area contributed by atoms with Crippen molar-refractivity contribution in [1.82, 2.24) is 5.32 Å². The summed E-state index contributed by atoms with van der Waals surface area (Å²) in [6.07, 6.45) is -0.404. The van der Waals surface area contributed by atoms with Gasteiger partial charge in [0.05, 0.1) is 204 Å². The summed E-state index contributed by atoms with van der Waals surface area (Å²) in [6.45, 7) is 13.5. The van der Waals surface area contributed by atoms with Crippen molar-refractivity contribution in [3.63, 3.8) is 0 Å². The van der Waals surface area contributed by atoms with Crippen LogP contribution in [0, 0.1) is 0 Å². The van der Waals surface area contributed by atoms with Crippen LogP contribution in [0.1, 0.15) is 5.56 Å². The Morgan fingerprint density at radius 3 is 1.23 bits per heavy atom. The van der Waals surface area contributed by atoms with Crippen LogP contribution in [-0.4, -0.2) is 231 Å². The van der Waals surface area contributed by atoms with E-state index >= 15 is 0 Å². The summed E-state index contributed by atoms with van der Waals surface area (Å²) in [6, 6.07) is 19.6. The zero-order chi connectivity index (χ0) is 49.9. The highest BCUT2D eigenvalue weighted by Gasteiger charge is 2.13. The van der Waals surface area contributed by atoms with Gasteiger partial charge in [0.1, 0.15) is 6.61 Å². The largest absolute Gasteiger partial charge is 0.382 e. The van der Waals surface area contributed by atoms with Crippen molar-refractivity contribution < 1.29 is 85.3 Å². The molecule has 0 aliphatic carbocycles. The fourth-order valence-corrected chi connectivity index (χ4v) is 6.91. The standard InChI is InChI=1S/C52H81NO18/c1-55-12-14-57-16-18-59-25-28-65-33-36-69-42-48(71-39-38-67-31-30-60-19-17-58-15-13-56-2)40-53-50(54)43-70-37-34-66-29-26-63-23-21-61-20-22-62-24-27-64-32-35-68-41-47-9-8-46-7-6-44-4-3-5-45-10-11-49(47)52(46)51(44)45/h3-11,48H,12-43H2,1-2H3,(H,53,54). The van der Waals surface area contributed by atoms with Crippen molar-refractivity contribution >= 4 is 38.2 Å². The zero-order valence-electron chi connectivity index (χ0n) is 42.2. The minimum Gasteiger partial charge on any atom is -0.382 e. The van der Waals surface area contributed by atoms with Crippen LogP contribution in [0.4, 0.5) is 0 Å². The van der Waals surface area contributed by atoms with Crippen molar-refractivity contribution in [2.75, 3.05) is 219 Å². The van der Waals surface area contributed by atoms with Crippen LogP contribution in [0.15, 0.2) is 54.6 Å². The van der Waals surface area contributed by atoms with Crippen LogP contribution < -0.4 is 5.32 Å². The molecule has 0 spiro atoms. The van der Waals surface area contributed by atoms with Crippen molar-refractivity contribution in [2.45, 2.75) is 12.7 Å². The lowest BCUT2D eigenvalue weighted by Gasteiger charge is -2.19. The van der Waals surface area contributed by atoms with E-state index in [1.165, 1.54) is 37.9 Å². The van der Waals surface area contributed by atoms with Crippen molar-refractivity contribution in [3.8, 4) is 0 Å². The Balaban J connectivity index is 0.904. The minimum absolute atomic E-state index is 0.114. The molecule has 0 aromatic heterocycles. The maximum Gasteiger partial charge on any atom is 0.246 e. The summed E-state index contributed by atoms with van der Waals surface area (Å²) in [5.41, 5.74) is 1.18. The monoisotopic (exact) mass is 1010 g/mol. The smallest absolute Gasteiger partial charge is 0.246 e. The lowest BCUT2D eigenvalue weighted by atomic mass is 9.92. The predicted octanol–water partition coefficient (Wildman–Crippen LogP) is 4.11. The quantitative estimate of drug-likeness (QED) is 0.0492. The Morgan fingerprint density at radius 2 is 0.761 bits per heavy atom. The Kier molecular flexibility index (Phi) is 35.7. The summed E-state index contributed by atoms with van der Waals surface area (Å²) >= 11 is 0. The number of carbonyl (C=O) groups is 1. The average molecular weight is 1010 g/mol. The number of carbonyl (C=O) groups excluding carboxylic acids is 1. The molecule has 4 aromatic carbocycles. The lowest BCUT2D eigenvalue weighted by Crippen LogP contribution is -2.39. The minimum atomic E-state index is -0.404. The van der Waals surface area contributed by atoms with Crippen LogP contribution >= 0.6 is 0 Å². The number of amides is 1. The molecule has 0 saturated heterocycles. The maximum atomic E-state index is 12.5. The number of hydrogen-bond donors (Lipinski definition) is 1. The summed E-state index contributed by atoms with van der Waals surface area (Å²) in [4.78, 5) is 12.5. The third kappa shape index (κ3) is 28.1. The fourth-order valence-electron chi connectivity index (χ4n) is 6.91. The van der Waals surface area contributed by atoms with Crippen LogP contribution in [-0.2, 0) is 91.9 Å². The molecule has 0 bridgehead atoms. The van der Waals surface area contributed by atoms with Crippen LogP contribution in [0.3, 0.4) is 0 Å². The Labute approximate surface area is 419 Å². The van der Waals surface area contributed by atoms with E-state index in [1.54, 1.807) is 14.2 Å². The van der Waals surface area contributed by atoms with Crippen molar-refractivity contribution in [2.24, 2.45) is 0 Å². The lowest BCUT2D eigenvalue weighted by molar-refractivity contribution is -0.127. The van der Waals surface area contributed by atoms with Gasteiger partial charge in [0.15, 0.2) is 0 Å². The molecule has 0 heterocycles. The van der Waals surface area contributed by atoms with E-state index in [0.29, 0.717) is 185 Å². The van der Waals surface area contributed by atoms with Gasteiger partial charge < -0.3 is 85.8 Å². The van der Waals surface area contributed by atoms with E-state index in [0.717, 1.165) is 0 Å².